The highest BCUT2D eigenvalue weighted by molar-refractivity contribution is 6.19. The maximum Gasteiger partial charge on any atom is 0.143 e. The number of allylic oxidation sites excluding steroid dienone is 5. The van der Waals surface area contributed by atoms with Crippen LogP contribution in [0.2, 0.25) is 0 Å². The van der Waals surface area contributed by atoms with Crippen LogP contribution in [0.4, 0.5) is 0 Å². The first kappa shape index (κ1) is 17.1. The van der Waals surface area contributed by atoms with E-state index in [9.17, 15) is 0 Å². The normalized spacial score (nSPS) is 14.6. The fourth-order valence-corrected chi connectivity index (χ4v) is 4.79. The van der Waals surface area contributed by atoms with Gasteiger partial charge in [0.2, 0.25) is 0 Å². The van der Waals surface area contributed by atoms with Crippen molar-refractivity contribution < 1.29 is 4.42 Å². The lowest BCUT2D eigenvalue weighted by Crippen LogP contribution is -1.91. The monoisotopic (exact) mass is 364 g/mol. The minimum absolute atomic E-state index is 0.962. The summed E-state index contributed by atoms with van der Waals surface area (Å²) in [6, 6.07) is 13.1. The lowest BCUT2D eigenvalue weighted by Gasteiger charge is -2.12. The zero-order valence-electron chi connectivity index (χ0n) is 16.9. The van der Waals surface area contributed by atoms with Gasteiger partial charge in [0, 0.05) is 16.2 Å². The Balaban J connectivity index is 1.98. The van der Waals surface area contributed by atoms with E-state index in [2.05, 4.69) is 82.3 Å². The summed E-state index contributed by atoms with van der Waals surface area (Å²) in [6.07, 6.45) is 9.77. The largest absolute Gasteiger partial charge is 0.455 e. The molecule has 0 aliphatic heterocycles. The van der Waals surface area contributed by atoms with E-state index in [-0.39, 0.29) is 0 Å². The van der Waals surface area contributed by atoms with Crippen molar-refractivity contribution in [3.8, 4) is 0 Å². The van der Waals surface area contributed by atoms with E-state index >= 15 is 0 Å². The van der Waals surface area contributed by atoms with Gasteiger partial charge in [0.15, 0.2) is 0 Å². The molecule has 0 spiro atoms. The van der Waals surface area contributed by atoms with Gasteiger partial charge in [-0.1, -0.05) is 48.1 Å². The Kier molecular flexibility index (Phi) is 3.80. The molecule has 0 atom stereocenters. The van der Waals surface area contributed by atoms with E-state index in [0.29, 0.717) is 0 Å². The zero-order chi connectivity index (χ0) is 19.4. The van der Waals surface area contributed by atoms with E-state index in [1.165, 1.54) is 54.9 Å². The van der Waals surface area contributed by atoms with Crippen LogP contribution in [0, 0.1) is 6.92 Å². The molecular formula is C27H24O. The third-order valence-corrected chi connectivity index (χ3v) is 6.02. The topological polar surface area (TPSA) is 13.1 Å². The van der Waals surface area contributed by atoms with Crippen molar-refractivity contribution in [1.29, 1.82) is 0 Å². The molecule has 3 aromatic carbocycles. The molecule has 1 nitrogen and oxygen atoms in total. The summed E-state index contributed by atoms with van der Waals surface area (Å²) in [5.74, 6) is 0. The van der Waals surface area contributed by atoms with Gasteiger partial charge in [-0.2, -0.15) is 0 Å². The van der Waals surface area contributed by atoms with Crippen LogP contribution in [0.15, 0.2) is 64.6 Å². The molecule has 0 unspecified atom stereocenters. The number of rotatable bonds is 2. The lowest BCUT2D eigenvalue weighted by molar-refractivity contribution is 0.672. The van der Waals surface area contributed by atoms with Gasteiger partial charge in [-0.3, -0.25) is 0 Å². The van der Waals surface area contributed by atoms with Gasteiger partial charge < -0.3 is 4.42 Å². The van der Waals surface area contributed by atoms with Crippen molar-refractivity contribution in [2.45, 2.75) is 34.1 Å². The Hall–Kier alpha value is -3.06. The summed E-state index contributed by atoms with van der Waals surface area (Å²) in [6.45, 7) is 8.65. The van der Waals surface area contributed by atoms with Gasteiger partial charge in [0.05, 0.1) is 0 Å². The highest BCUT2D eigenvalue weighted by Crippen LogP contribution is 2.43. The number of aryl methyl sites for hydroxylation is 1. The van der Waals surface area contributed by atoms with Crippen LogP contribution in [-0.2, 0) is 6.42 Å². The zero-order valence-corrected chi connectivity index (χ0v) is 16.9. The molecule has 0 bridgehead atoms. The predicted octanol–water partition coefficient (Wildman–Crippen LogP) is 7.99. The first-order valence-electron chi connectivity index (χ1n) is 10.00. The second-order valence-corrected chi connectivity index (χ2v) is 7.77. The van der Waals surface area contributed by atoms with Crippen LogP contribution in [0.1, 0.15) is 43.0 Å². The molecule has 1 aromatic heterocycles. The molecule has 0 saturated heterocycles. The standard InChI is InChI=1S/C27H24O/c1-5-9-19-16(3)13-18-14-24-23(15-22(18)19)20(10-6-2)17(4)26-21-11-7-8-12-25(21)28-27(24)26/h5-12,14-15H,13H2,1-4H3/b9-5-,10-6-. The highest BCUT2D eigenvalue weighted by atomic mass is 16.3. The first-order chi connectivity index (χ1) is 13.6. The Labute approximate surface area is 165 Å². The van der Waals surface area contributed by atoms with Gasteiger partial charge in [0.1, 0.15) is 11.2 Å². The lowest BCUT2D eigenvalue weighted by atomic mass is 9.91. The maximum absolute atomic E-state index is 6.39. The number of hydrogen-bond acceptors (Lipinski definition) is 1. The second-order valence-electron chi connectivity index (χ2n) is 7.77. The van der Waals surface area contributed by atoms with Crippen molar-refractivity contribution in [2.75, 3.05) is 0 Å². The fraction of sp³-hybridized carbons (Fsp3) is 0.185. The third kappa shape index (κ3) is 2.26. The quantitative estimate of drug-likeness (QED) is 0.351. The summed E-state index contributed by atoms with van der Waals surface area (Å²) in [5.41, 5.74) is 10.1. The average Bonchev–Trinajstić information content (AvgIpc) is 3.22. The Bertz CT molecular complexity index is 1360. The number of furan rings is 1. The summed E-state index contributed by atoms with van der Waals surface area (Å²) in [7, 11) is 0. The predicted molar refractivity (Wildman–Crippen MR) is 122 cm³/mol. The van der Waals surface area contributed by atoms with Crippen LogP contribution in [0.5, 0.6) is 0 Å². The molecule has 1 aliphatic carbocycles. The van der Waals surface area contributed by atoms with E-state index in [4.69, 9.17) is 4.42 Å². The summed E-state index contributed by atoms with van der Waals surface area (Å²) in [4.78, 5) is 0. The van der Waals surface area contributed by atoms with E-state index in [0.717, 1.165) is 17.6 Å². The molecule has 1 aliphatic rings. The number of para-hydroxylation sites is 1. The van der Waals surface area contributed by atoms with Crippen molar-refractivity contribution in [3.63, 3.8) is 0 Å². The van der Waals surface area contributed by atoms with Crippen LogP contribution < -0.4 is 0 Å². The van der Waals surface area contributed by atoms with Crippen molar-refractivity contribution >= 4 is 44.4 Å². The molecular weight excluding hydrogens is 340 g/mol. The Morgan fingerprint density at radius 1 is 0.893 bits per heavy atom. The number of fused-ring (bicyclic) bond motifs is 6. The second kappa shape index (κ2) is 6.24. The highest BCUT2D eigenvalue weighted by Gasteiger charge is 2.22. The SMILES string of the molecule is C/C=C\C1=C(C)Cc2cc3c(cc21)c(/C=C\C)c(C)c1c2ccccc2oc31. The minimum atomic E-state index is 0.962. The molecule has 0 amide bonds. The smallest absolute Gasteiger partial charge is 0.143 e. The molecule has 4 aromatic rings. The number of benzene rings is 3. The molecule has 28 heavy (non-hydrogen) atoms. The fourth-order valence-electron chi connectivity index (χ4n) is 4.79. The minimum Gasteiger partial charge on any atom is -0.455 e. The van der Waals surface area contributed by atoms with Gasteiger partial charge in [0.25, 0.3) is 0 Å². The first-order valence-corrected chi connectivity index (χ1v) is 10.00. The van der Waals surface area contributed by atoms with Gasteiger partial charge >= 0.3 is 0 Å². The number of hydrogen-bond donors (Lipinski definition) is 0. The van der Waals surface area contributed by atoms with Gasteiger partial charge in [-0.25, -0.2) is 0 Å². The van der Waals surface area contributed by atoms with Crippen LogP contribution in [0.25, 0.3) is 44.4 Å². The Morgan fingerprint density at radius 3 is 2.46 bits per heavy atom. The van der Waals surface area contributed by atoms with Crippen molar-refractivity contribution in [2.24, 2.45) is 0 Å². The molecule has 0 N–H and O–H groups in total. The van der Waals surface area contributed by atoms with E-state index < -0.39 is 0 Å². The van der Waals surface area contributed by atoms with Crippen molar-refractivity contribution in [3.05, 3.63) is 82.5 Å². The molecule has 5 rings (SSSR count). The Morgan fingerprint density at radius 2 is 1.68 bits per heavy atom. The molecule has 0 fully saturated rings. The van der Waals surface area contributed by atoms with Crippen molar-refractivity contribution in [1.82, 2.24) is 0 Å². The van der Waals surface area contributed by atoms with Crippen LogP contribution in [0.3, 0.4) is 0 Å². The summed E-state index contributed by atoms with van der Waals surface area (Å²) < 4.78 is 6.39. The van der Waals surface area contributed by atoms with Gasteiger partial charge in [-0.05, 0) is 85.5 Å². The van der Waals surface area contributed by atoms with Crippen LogP contribution >= 0.6 is 0 Å². The molecule has 1 heterocycles. The van der Waals surface area contributed by atoms with E-state index in [1.54, 1.807) is 0 Å². The maximum atomic E-state index is 6.39. The summed E-state index contributed by atoms with van der Waals surface area (Å²) in [5, 5.41) is 4.94. The molecule has 0 radical (unpaired) electrons. The average molecular weight is 364 g/mol. The van der Waals surface area contributed by atoms with Crippen LogP contribution in [-0.4, -0.2) is 0 Å². The molecule has 1 heteroatoms. The molecule has 0 saturated carbocycles. The molecule has 138 valence electrons. The third-order valence-electron chi connectivity index (χ3n) is 6.02. The summed E-state index contributed by atoms with van der Waals surface area (Å²) >= 11 is 0. The van der Waals surface area contributed by atoms with E-state index in [1.807, 2.05) is 6.07 Å². The van der Waals surface area contributed by atoms with Gasteiger partial charge in [-0.15, -0.1) is 0 Å².